The highest BCUT2D eigenvalue weighted by atomic mass is 16.2. The highest BCUT2D eigenvalue weighted by Gasteiger charge is 2.28. The predicted molar refractivity (Wildman–Crippen MR) is 111 cm³/mol. The van der Waals surface area contributed by atoms with Crippen LogP contribution in [-0.4, -0.2) is 78.4 Å². The van der Waals surface area contributed by atoms with Gasteiger partial charge in [-0.25, -0.2) is 4.79 Å². The van der Waals surface area contributed by atoms with Gasteiger partial charge in [-0.15, -0.1) is 0 Å². The fourth-order valence-electron chi connectivity index (χ4n) is 4.43. The molecular weight excluding hydrogens is 368 g/mol. The largest absolute Gasteiger partial charge is 0.339 e. The van der Waals surface area contributed by atoms with E-state index in [9.17, 15) is 14.4 Å². The SMILES string of the molecule is O=C(Cc1ccc(N2CCCC2=O)cc1)N1CCN(C(=O)N2CCCCC2)CC1. The van der Waals surface area contributed by atoms with Gasteiger partial charge in [-0.3, -0.25) is 9.59 Å². The number of hydrogen-bond acceptors (Lipinski definition) is 3. The minimum Gasteiger partial charge on any atom is -0.339 e. The van der Waals surface area contributed by atoms with Gasteiger partial charge in [0, 0.05) is 57.9 Å². The van der Waals surface area contributed by atoms with Crippen LogP contribution in [0.1, 0.15) is 37.7 Å². The quantitative estimate of drug-likeness (QED) is 0.783. The zero-order chi connectivity index (χ0) is 20.2. The van der Waals surface area contributed by atoms with Gasteiger partial charge in [-0.05, 0) is 43.4 Å². The van der Waals surface area contributed by atoms with Crippen LogP contribution in [0.3, 0.4) is 0 Å². The van der Waals surface area contributed by atoms with Crippen LogP contribution in [0, 0.1) is 0 Å². The van der Waals surface area contributed by atoms with E-state index in [1.165, 1.54) is 6.42 Å². The lowest BCUT2D eigenvalue weighted by Crippen LogP contribution is -2.54. The number of benzene rings is 1. The molecule has 156 valence electrons. The van der Waals surface area contributed by atoms with Crippen molar-refractivity contribution in [2.45, 2.75) is 38.5 Å². The Morgan fingerprint density at radius 3 is 1.97 bits per heavy atom. The van der Waals surface area contributed by atoms with Gasteiger partial charge >= 0.3 is 6.03 Å². The van der Waals surface area contributed by atoms with E-state index in [2.05, 4.69) is 0 Å². The van der Waals surface area contributed by atoms with E-state index in [4.69, 9.17) is 0 Å². The van der Waals surface area contributed by atoms with Gasteiger partial charge in [-0.1, -0.05) is 12.1 Å². The maximum Gasteiger partial charge on any atom is 0.320 e. The molecule has 4 rings (SSSR count). The number of carbonyl (C=O) groups excluding carboxylic acids is 3. The number of likely N-dealkylation sites (tertiary alicyclic amines) is 1. The molecule has 7 nitrogen and oxygen atoms in total. The Balaban J connectivity index is 1.26. The molecule has 0 unspecified atom stereocenters. The van der Waals surface area contributed by atoms with Crippen LogP contribution in [0.15, 0.2) is 24.3 Å². The lowest BCUT2D eigenvalue weighted by atomic mass is 10.1. The monoisotopic (exact) mass is 398 g/mol. The van der Waals surface area contributed by atoms with Crippen molar-refractivity contribution in [2.75, 3.05) is 50.7 Å². The van der Waals surface area contributed by atoms with Gasteiger partial charge in [-0.2, -0.15) is 0 Å². The summed E-state index contributed by atoms with van der Waals surface area (Å²) in [5.74, 6) is 0.269. The maximum absolute atomic E-state index is 12.7. The van der Waals surface area contributed by atoms with E-state index in [-0.39, 0.29) is 17.8 Å². The molecule has 3 aliphatic rings. The van der Waals surface area contributed by atoms with E-state index in [1.54, 1.807) is 0 Å². The third kappa shape index (κ3) is 4.54. The molecule has 0 bridgehead atoms. The molecule has 7 heteroatoms. The second-order valence-corrected chi connectivity index (χ2v) is 8.19. The van der Waals surface area contributed by atoms with Crippen molar-refractivity contribution < 1.29 is 14.4 Å². The topological polar surface area (TPSA) is 64.2 Å². The fourth-order valence-corrected chi connectivity index (χ4v) is 4.43. The van der Waals surface area contributed by atoms with E-state index < -0.39 is 0 Å². The molecule has 0 atom stereocenters. The van der Waals surface area contributed by atoms with Gasteiger partial charge in [0.2, 0.25) is 11.8 Å². The number of piperidine rings is 1. The number of hydrogen-bond donors (Lipinski definition) is 0. The number of carbonyl (C=O) groups is 3. The summed E-state index contributed by atoms with van der Waals surface area (Å²) in [6.07, 6.45) is 5.28. The fraction of sp³-hybridized carbons (Fsp3) is 0.591. The number of rotatable bonds is 3. The Bertz CT molecular complexity index is 750. The molecule has 1 aromatic rings. The van der Waals surface area contributed by atoms with Crippen molar-refractivity contribution >= 4 is 23.5 Å². The van der Waals surface area contributed by atoms with Crippen LogP contribution in [0.25, 0.3) is 0 Å². The molecule has 4 amide bonds. The number of anilines is 1. The van der Waals surface area contributed by atoms with Crippen molar-refractivity contribution in [3.8, 4) is 0 Å². The maximum atomic E-state index is 12.7. The predicted octanol–water partition coefficient (Wildman–Crippen LogP) is 2.11. The highest BCUT2D eigenvalue weighted by Crippen LogP contribution is 2.22. The normalized spacial score (nSPS) is 20.3. The summed E-state index contributed by atoms with van der Waals surface area (Å²) in [5.41, 5.74) is 1.87. The summed E-state index contributed by atoms with van der Waals surface area (Å²) in [4.78, 5) is 44.7. The number of urea groups is 1. The van der Waals surface area contributed by atoms with E-state index in [0.29, 0.717) is 39.0 Å². The molecule has 0 aliphatic carbocycles. The Kier molecular flexibility index (Phi) is 6.02. The molecule has 3 heterocycles. The van der Waals surface area contributed by atoms with E-state index in [1.807, 2.05) is 43.9 Å². The molecule has 3 fully saturated rings. The Morgan fingerprint density at radius 2 is 1.34 bits per heavy atom. The standard InChI is InChI=1S/C22H30N4O3/c27-20-5-4-12-26(20)19-8-6-18(7-9-19)17-21(28)23-13-15-25(16-14-23)22(29)24-10-2-1-3-11-24/h6-9H,1-5,10-17H2. The molecule has 0 radical (unpaired) electrons. The minimum absolute atomic E-state index is 0.0973. The number of amides is 4. The summed E-state index contributed by atoms with van der Waals surface area (Å²) in [7, 11) is 0. The van der Waals surface area contributed by atoms with Crippen LogP contribution >= 0.6 is 0 Å². The van der Waals surface area contributed by atoms with E-state index >= 15 is 0 Å². The van der Waals surface area contributed by atoms with Gasteiger partial charge in [0.25, 0.3) is 0 Å². The average molecular weight is 399 g/mol. The Hall–Kier alpha value is -2.57. The van der Waals surface area contributed by atoms with Crippen molar-refractivity contribution in [1.82, 2.24) is 14.7 Å². The number of nitrogens with zero attached hydrogens (tertiary/aromatic N) is 4. The summed E-state index contributed by atoms with van der Waals surface area (Å²) in [5, 5.41) is 0. The first-order valence-electron chi connectivity index (χ1n) is 10.8. The van der Waals surface area contributed by atoms with Gasteiger partial charge in [0.1, 0.15) is 0 Å². The molecule has 1 aromatic carbocycles. The molecule has 3 aliphatic heterocycles. The van der Waals surface area contributed by atoms with Crippen LogP contribution in [0.2, 0.25) is 0 Å². The number of piperazine rings is 1. The lowest BCUT2D eigenvalue weighted by Gasteiger charge is -2.38. The Labute approximate surface area is 172 Å². The summed E-state index contributed by atoms with van der Waals surface area (Å²) < 4.78 is 0. The molecule has 0 N–H and O–H groups in total. The summed E-state index contributed by atoms with van der Waals surface area (Å²) in [6, 6.07) is 7.87. The zero-order valence-electron chi connectivity index (χ0n) is 17.0. The van der Waals surface area contributed by atoms with Crippen molar-refractivity contribution in [2.24, 2.45) is 0 Å². The second-order valence-electron chi connectivity index (χ2n) is 8.19. The van der Waals surface area contributed by atoms with Gasteiger partial charge in [0.15, 0.2) is 0 Å². The molecule has 29 heavy (non-hydrogen) atoms. The van der Waals surface area contributed by atoms with Crippen molar-refractivity contribution in [3.05, 3.63) is 29.8 Å². The third-order valence-corrected chi connectivity index (χ3v) is 6.21. The second kappa shape index (κ2) is 8.84. The first-order chi connectivity index (χ1) is 14.1. The summed E-state index contributed by atoms with van der Waals surface area (Å²) in [6.45, 7) is 4.90. The molecule has 0 saturated carbocycles. The van der Waals surface area contributed by atoms with Gasteiger partial charge in [0.05, 0.1) is 6.42 Å². The average Bonchev–Trinajstić information content (AvgIpc) is 3.20. The van der Waals surface area contributed by atoms with Crippen LogP contribution < -0.4 is 4.90 Å². The summed E-state index contributed by atoms with van der Waals surface area (Å²) >= 11 is 0. The Morgan fingerprint density at radius 1 is 0.724 bits per heavy atom. The molecule has 0 spiro atoms. The van der Waals surface area contributed by atoms with Crippen LogP contribution in [0.4, 0.5) is 10.5 Å². The van der Waals surface area contributed by atoms with Crippen LogP contribution in [0.5, 0.6) is 0 Å². The van der Waals surface area contributed by atoms with Crippen LogP contribution in [-0.2, 0) is 16.0 Å². The highest BCUT2D eigenvalue weighted by molar-refractivity contribution is 5.95. The molecule has 3 saturated heterocycles. The zero-order valence-corrected chi connectivity index (χ0v) is 17.0. The van der Waals surface area contributed by atoms with Gasteiger partial charge < -0.3 is 19.6 Å². The minimum atomic E-state index is 0.0973. The van der Waals surface area contributed by atoms with Crippen molar-refractivity contribution in [3.63, 3.8) is 0 Å². The smallest absolute Gasteiger partial charge is 0.320 e. The molecule has 0 aromatic heterocycles. The lowest BCUT2D eigenvalue weighted by molar-refractivity contribution is -0.132. The third-order valence-electron chi connectivity index (χ3n) is 6.21. The molecular formula is C22H30N4O3. The first kappa shape index (κ1) is 19.7. The van der Waals surface area contributed by atoms with Crippen molar-refractivity contribution in [1.29, 1.82) is 0 Å². The van der Waals surface area contributed by atoms with E-state index in [0.717, 1.165) is 50.1 Å². The first-order valence-corrected chi connectivity index (χ1v) is 10.8.